The van der Waals surface area contributed by atoms with Crippen molar-refractivity contribution in [3.05, 3.63) is 41.6 Å². The summed E-state index contributed by atoms with van der Waals surface area (Å²) in [6.07, 6.45) is 2.58. The third-order valence-electron chi connectivity index (χ3n) is 4.00. The molecule has 0 saturated heterocycles. The van der Waals surface area contributed by atoms with E-state index in [1.165, 1.54) is 0 Å². The Hall–Kier alpha value is -2.65. The predicted octanol–water partition coefficient (Wildman–Crippen LogP) is 2.80. The van der Waals surface area contributed by atoms with E-state index in [-0.39, 0.29) is 0 Å². The Labute approximate surface area is 148 Å². The van der Waals surface area contributed by atoms with Crippen LogP contribution < -0.4 is 5.32 Å². The fourth-order valence-electron chi connectivity index (χ4n) is 2.83. The van der Waals surface area contributed by atoms with Crippen LogP contribution in [0.5, 0.6) is 0 Å². The third kappa shape index (κ3) is 5.16. The van der Waals surface area contributed by atoms with Gasteiger partial charge in [0.1, 0.15) is 0 Å². The highest BCUT2D eigenvalue weighted by molar-refractivity contribution is 5.70. The molecule has 6 heteroatoms. The second kappa shape index (κ2) is 8.45. The Bertz CT molecular complexity index is 757. The van der Waals surface area contributed by atoms with Gasteiger partial charge in [-0.15, -0.1) is 0 Å². The van der Waals surface area contributed by atoms with Crippen molar-refractivity contribution in [2.24, 2.45) is 18.9 Å². The molecule has 0 aliphatic heterocycles. The number of nitriles is 1. The van der Waals surface area contributed by atoms with Gasteiger partial charge in [0.25, 0.3) is 0 Å². The molecule has 2 rings (SSSR count). The van der Waals surface area contributed by atoms with Crippen LogP contribution in [0.15, 0.2) is 30.5 Å². The van der Waals surface area contributed by atoms with Gasteiger partial charge in [-0.25, -0.2) is 0 Å². The van der Waals surface area contributed by atoms with Crippen LogP contribution in [0, 0.1) is 23.2 Å². The maximum Gasteiger partial charge on any atom is 0.307 e. The highest BCUT2D eigenvalue weighted by atomic mass is 16.4. The first-order valence-electron chi connectivity index (χ1n) is 8.37. The molecular weight excluding hydrogens is 316 g/mol. The molecule has 2 N–H and O–H groups in total. The SMILES string of the molecule is CC(C)CC(CNCc1cn(C)nc1-c1ccc(C#N)cc1)C(=O)O. The van der Waals surface area contributed by atoms with Gasteiger partial charge in [-0.1, -0.05) is 26.0 Å². The lowest BCUT2D eigenvalue weighted by Crippen LogP contribution is -2.29. The average Bonchev–Trinajstić information content (AvgIpc) is 2.94. The van der Waals surface area contributed by atoms with Crippen LogP contribution in [0.2, 0.25) is 0 Å². The normalized spacial score (nSPS) is 12.1. The summed E-state index contributed by atoms with van der Waals surface area (Å²) in [7, 11) is 1.86. The number of hydrogen-bond donors (Lipinski definition) is 2. The minimum absolute atomic E-state index is 0.343. The minimum atomic E-state index is -0.764. The van der Waals surface area contributed by atoms with Gasteiger partial charge in [0, 0.05) is 37.5 Å². The molecule has 0 saturated carbocycles. The molecule has 0 fully saturated rings. The van der Waals surface area contributed by atoms with Gasteiger partial charge >= 0.3 is 5.97 Å². The Morgan fingerprint density at radius 3 is 2.60 bits per heavy atom. The van der Waals surface area contributed by atoms with Crippen LogP contribution >= 0.6 is 0 Å². The summed E-state index contributed by atoms with van der Waals surface area (Å²) in [5, 5.41) is 26.0. The lowest BCUT2D eigenvalue weighted by atomic mass is 9.97. The minimum Gasteiger partial charge on any atom is -0.481 e. The van der Waals surface area contributed by atoms with Gasteiger partial charge in [0.15, 0.2) is 0 Å². The highest BCUT2D eigenvalue weighted by Gasteiger charge is 2.19. The van der Waals surface area contributed by atoms with Crippen molar-refractivity contribution in [3.8, 4) is 17.3 Å². The molecule has 0 spiro atoms. The summed E-state index contributed by atoms with van der Waals surface area (Å²) >= 11 is 0. The number of benzene rings is 1. The molecule has 25 heavy (non-hydrogen) atoms. The van der Waals surface area contributed by atoms with Gasteiger partial charge in [0.2, 0.25) is 0 Å². The Kier molecular flexibility index (Phi) is 6.31. The van der Waals surface area contributed by atoms with E-state index in [0.29, 0.717) is 31.0 Å². The molecular formula is C19H24N4O2. The second-order valence-electron chi connectivity index (χ2n) is 6.66. The van der Waals surface area contributed by atoms with E-state index in [0.717, 1.165) is 16.8 Å². The maximum atomic E-state index is 11.3. The number of nitrogens with zero attached hydrogens (tertiary/aromatic N) is 3. The van der Waals surface area contributed by atoms with Gasteiger partial charge in [-0.2, -0.15) is 10.4 Å². The zero-order chi connectivity index (χ0) is 18.4. The molecule has 1 aromatic carbocycles. The number of rotatable bonds is 8. The monoisotopic (exact) mass is 340 g/mol. The highest BCUT2D eigenvalue weighted by Crippen LogP contribution is 2.22. The summed E-state index contributed by atoms with van der Waals surface area (Å²) in [4.78, 5) is 11.3. The third-order valence-corrected chi connectivity index (χ3v) is 4.00. The smallest absolute Gasteiger partial charge is 0.307 e. The van der Waals surface area contributed by atoms with Crippen molar-refractivity contribution in [1.29, 1.82) is 5.26 Å². The second-order valence-corrected chi connectivity index (χ2v) is 6.66. The molecule has 0 bridgehead atoms. The standard InChI is InChI=1S/C19H24N4O2/c1-13(2)8-16(19(24)25)10-21-11-17-12-23(3)22-18(17)15-6-4-14(9-20)5-7-15/h4-7,12-13,16,21H,8,10-11H2,1-3H3,(H,24,25). The quantitative estimate of drug-likeness (QED) is 0.771. The summed E-state index contributed by atoms with van der Waals surface area (Å²) in [6, 6.07) is 9.40. The van der Waals surface area contributed by atoms with Crippen LogP contribution in [0.3, 0.4) is 0 Å². The van der Waals surface area contributed by atoms with E-state index in [9.17, 15) is 9.90 Å². The van der Waals surface area contributed by atoms with Gasteiger partial charge in [-0.3, -0.25) is 9.48 Å². The zero-order valence-corrected chi connectivity index (χ0v) is 14.9. The Balaban J connectivity index is 2.07. The molecule has 0 aliphatic carbocycles. The van der Waals surface area contributed by atoms with E-state index < -0.39 is 11.9 Å². The molecule has 1 unspecified atom stereocenters. The van der Waals surface area contributed by atoms with Crippen molar-refractivity contribution >= 4 is 5.97 Å². The van der Waals surface area contributed by atoms with Gasteiger partial charge in [0.05, 0.1) is 23.2 Å². The number of nitrogens with one attached hydrogen (secondary N) is 1. The van der Waals surface area contributed by atoms with Crippen LogP contribution in [0.1, 0.15) is 31.4 Å². The fraction of sp³-hybridized carbons (Fsp3) is 0.421. The number of carboxylic acids is 1. The topological polar surface area (TPSA) is 90.9 Å². The molecule has 2 aromatic rings. The van der Waals surface area contributed by atoms with Crippen molar-refractivity contribution in [2.75, 3.05) is 6.54 Å². The van der Waals surface area contributed by atoms with Crippen molar-refractivity contribution in [1.82, 2.24) is 15.1 Å². The van der Waals surface area contributed by atoms with Crippen LogP contribution in [0.4, 0.5) is 0 Å². The molecule has 1 aromatic heterocycles. The van der Waals surface area contributed by atoms with Crippen molar-refractivity contribution in [2.45, 2.75) is 26.8 Å². The molecule has 0 aliphatic rings. The Morgan fingerprint density at radius 2 is 2.04 bits per heavy atom. The molecule has 0 amide bonds. The summed E-state index contributed by atoms with van der Waals surface area (Å²) in [6.45, 7) is 5.03. The number of carboxylic acid groups (broad SMARTS) is 1. The number of carbonyl (C=O) groups is 1. The fourth-order valence-corrected chi connectivity index (χ4v) is 2.83. The number of hydrogen-bond acceptors (Lipinski definition) is 4. The van der Waals surface area contributed by atoms with Crippen LogP contribution in [-0.4, -0.2) is 27.4 Å². The van der Waals surface area contributed by atoms with E-state index in [1.807, 2.05) is 39.2 Å². The zero-order valence-electron chi connectivity index (χ0n) is 14.9. The number of aliphatic carboxylic acids is 1. The molecule has 132 valence electrons. The number of aromatic nitrogens is 2. The lowest BCUT2D eigenvalue weighted by molar-refractivity contribution is -0.142. The van der Waals surface area contributed by atoms with Crippen LogP contribution in [-0.2, 0) is 18.4 Å². The van der Waals surface area contributed by atoms with E-state index in [1.54, 1.807) is 16.8 Å². The first-order chi connectivity index (χ1) is 11.9. The first kappa shape index (κ1) is 18.7. The first-order valence-corrected chi connectivity index (χ1v) is 8.37. The summed E-state index contributed by atoms with van der Waals surface area (Å²) in [5.74, 6) is -0.815. The van der Waals surface area contributed by atoms with Gasteiger partial charge < -0.3 is 10.4 Å². The van der Waals surface area contributed by atoms with E-state index in [2.05, 4.69) is 16.5 Å². The predicted molar refractivity (Wildman–Crippen MR) is 95.6 cm³/mol. The van der Waals surface area contributed by atoms with Gasteiger partial charge in [-0.05, 0) is 24.5 Å². The average molecular weight is 340 g/mol. The maximum absolute atomic E-state index is 11.3. The Morgan fingerprint density at radius 1 is 1.36 bits per heavy atom. The molecule has 0 radical (unpaired) electrons. The number of aryl methyl sites for hydroxylation is 1. The van der Waals surface area contributed by atoms with Crippen molar-refractivity contribution < 1.29 is 9.90 Å². The summed E-state index contributed by atoms with van der Waals surface area (Å²) in [5.41, 5.74) is 3.39. The lowest BCUT2D eigenvalue weighted by Gasteiger charge is -2.15. The van der Waals surface area contributed by atoms with E-state index in [4.69, 9.17) is 5.26 Å². The van der Waals surface area contributed by atoms with Crippen LogP contribution in [0.25, 0.3) is 11.3 Å². The molecule has 1 heterocycles. The molecule has 6 nitrogen and oxygen atoms in total. The largest absolute Gasteiger partial charge is 0.481 e. The summed E-state index contributed by atoms with van der Waals surface area (Å²) < 4.78 is 1.74. The van der Waals surface area contributed by atoms with E-state index >= 15 is 0 Å². The van der Waals surface area contributed by atoms with Crippen molar-refractivity contribution in [3.63, 3.8) is 0 Å². The molecule has 1 atom stereocenters.